The predicted octanol–water partition coefficient (Wildman–Crippen LogP) is 3.96. The average molecular weight is 434 g/mol. The van der Waals surface area contributed by atoms with Gasteiger partial charge in [0.05, 0.1) is 5.56 Å². The van der Waals surface area contributed by atoms with Crippen molar-refractivity contribution in [2.24, 2.45) is 0 Å². The number of benzene rings is 3. The van der Waals surface area contributed by atoms with Crippen LogP contribution >= 0.6 is 0 Å². The molecule has 0 aromatic heterocycles. The average Bonchev–Trinajstić information content (AvgIpc) is 2.85. The molecule has 0 spiro atoms. The van der Waals surface area contributed by atoms with E-state index in [9.17, 15) is 9.18 Å². The molecule has 6 heteroatoms. The Hall–Kier alpha value is -3.38. The molecule has 0 atom stereocenters. The number of carbonyl (C=O) groups is 1. The van der Waals surface area contributed by atoms with Gasteiger partial charge in [0, 0.05) is 45.0 Å². The zero-order valence-corrected chi connectivity index (χ0v) is 18.0. The van der Waals surface area contributed by atoms with Crippen molar-refractivity contribution in [3.8, 4) is 5.75 Å². The summed E-state index contributed by atoms with van der Waals surface area (Å²) in [4.78, 5) is 17.5. The number of nitrogens with one attached hydrogen (secondary N) is 1. The molecule has 0 unspecified atom stereocenters. The van der Waals surface area contributed by atoms with E-state index in [-0.39, 0.29) is 18.3 Å². The zero-order chi connectivity index (χ0) is 22.2. The van der Waals surface area contributed by atoms with Gasteiger partial charge in [-0.15, -0.1) is 0 Å². The van der Waals surface area contributed by atoms with Gasteiger partial charge in [-0.3, -0.25) is 9.69 Å². The van der Waals surface area contributed by atoms with Gasteiger partial charge in [-0.05, 0) is 42.0 Å². The molecule has 1 aliphatic rings. The van der Waals surface area contributed by atoms with E-state index in [1.807, 2.05) is 18.2 Å². The van der Waals surface area contributed by atoms with Crippen LogP contribution in [0.2, 0.25) is 0 Å². The van der Waals surface area contributed by atoms with Gasteiger partial charge < -0.3 is 15.0 Å². The van der Waals surface area contributed by atoms with E-state index in [4.69, 9.17) is 4.74 Å². The summed E-state index contributed by atoms with van der Waals surface area (Å²) in [7, 11) is 0. The van der Waals surface area contributed by atoms with Crippen molar-refractivity contribution in [2.45, 2.75) is 6.61 Å². The molecular formula is C26H28FN3O2. The van der Waals surface area contributed by atoms with Crippen LogP contribution < -0.4 is 15.0 Å². The topological polar surface area (TPSA) is 44.8 Å². The van der Waals surface area contributed by atoms with Gasteiger partial charge in [-0.2, -0.15) is 0 Å². The summed E-state index contributed by atoms with van der Waals surface area (Å²) in [5.74, 6) is 0.0865. The first-order valence-corrected chi connectivity index (χ1v) is 11.0. The number of amides is 1. The highest BCUT2D eigenvalue weighted by Gasteiger charge is 2.17. The Bertz CT molecular complexity index is 1000. The van der Waals surface area contributed by atoms with Gasteiger partial charge in [-0.1, -0.05) is 42.5 Å². The third-order valence-electron chi connectivity index (χ3n) is 5.65. The Morgan fingerprint density at radius 2 is 1.56 bits per heavy atom. The highest BCUT2D eigenvalue weighted by atomic mass is 19.1. The van der Waals surface area contributed by atoms with Gasteiger partial charge in [0.15, 0.2) is 0 Å². The normalized spacial score (nSPS) is 14.2. The molecule has 1 amide bonds. The smallest absolute Gasteiger partial charge is 0.255 e. The van der Waals surface area contributed by atoms with Crippen LogP contribution in [0.1, 0.15) is 15.9 Å². The van der Waals surface area contributed by atoms with E-state index >= 15 is 0 Å². The molecule has 0 bridgehead atoms. The van der Waals surface area contributed by atoms with Gasteiger partial charge in [0.1, 0.15) is 18.2 Å². The number of hydrogen-bond acceptors (Lipinski definition) is 4. The summed E-state index contributed by atoms with van der Waals surface area (Å²) in [5.41, 5.74) is 2.61. The van der Waals surface area contributed by atoms with E-state index in [2.05, 4.69) is 39.4 Å². The fraction of sp³-hybridized carbons (Fsp3) is 0.269. The highest BCUT2D eigenvalue weighted by molar-refractivity contribution is 5.96. The Morgan fingerprint density at radius 3 is 2.31 bits per heavy atom. The third-order valence-corrected chi connectivity index (χ3v) is 5.65. The van der Waals surface area contributed by atoms with Crippen LogP contribution in [-0.2, 0) is 6.61 Å². The van der Waals surface area contributed by atoms with Crippen LogP contribution in [-0.4, -0.2) is 50.1 Å². The summed E-state index contributed by atoms with van der Waals surface area (Å²) in [6.07, 6.45) is 0. The first kappa shape index (κ1) is 21.8. The Morgan fingerprint density at radius 1 is 0.875 bits per heavy atom. The second-order valence-corrected chi connectivity index (χ2v) is 7.83. The van der Waals surface area contributed by atoms with Gasteiger partial charge in [0.2, 0.25) is 0 Å². The molecule has 0 saturated carbocycles. The second kappa shape index (κ2) is 10.8. The largest absolute Gasteiger partial charge is 0.488 e. The van der Waals surface area contributed by atoms with Crippen LogP contribution in [0.3, 0.4) is 0 Å². The van der Waals surface area contributed by atoms with Crippen LogP contribution in [0.4, 0.5) is 10.1 Å². The molecule has 1 aliphatic heterocycles. The SMILES string of the molecule is O=C(NCCN1CCN(c2ccccc2)CC1)c1ccccc1OCc1ccc(F)cc1. The molecule has 0 radical (unpaired) electrons. The van der Waals surface area contributed by atoms with Crippen LogP contribution in [0, 0.1) is 5.82 Å². The first-order valence-electron chi connectivity index (χ1n) is 11.0. The lowest BCUT2D eigenvalue weighted by molar-refractivity contribution is 0.0943. The number of ether oxygens (including phenoxy) is 1. The monoisotopic (exact) mass is 433 g/mol. The van der Waals surface area contributed by atoms with Crippen LogP contribution in [0.5, 0.6) is 5.75 Å². The zero-order valence-electron chi connectivity index (χ0n) is 18.0. The lowest BCUT2D eigenvalue weighted by atomic mass is 10.2. The van der Waals surface area contributed by atoms with Crippen molar-refractivity contribution in [3.05, 3.63) is 95.8 Å². The molecule has 5 nitrogen and oxygen atoms in total. The third kappa shape index (κ3) is 5.86. The quantitative estimate of drug-likeness (QED) is 0.584. The summed E-state index contributed by atoms with van der Waals surface area (Å²) in [6.45, 7) is 5.58. The van der Waals surface area contributed by atoms with Gasteiger partial charge in [0.25, 0.3) is 5.91 Å². The molecule has 0 aliphatic carbocycles. The van der Waals surface area contributed by atoms with E-state index < -0.39 is 0 Å². The molecule has 1 heterocycles. The summed E-state index contributed by atoms with van der Waals surface area (Å²) < 4.78 is 18.9. The van der Waals surface area contributed by atoms with E-state index in [0.29, 0.717) is 17.9 Å². The number of nitrogens with zero attached hydrogens (tertiary/aromatic N) is 2. The number of anilines is 1. The molecule has 1 fully saturated rings. The Labute approximate surface area is 188 Å². The minimum Gasteiger partial charge on any atom is -0.488 e. The van der Waals surface area contributed by atoms with Gasteiger partial charge in [-0.25, -0.2) is 4.39 Å². The summed E-state index contributed by atoms with van der Waals surface area (Å²) >= 11 is 0. The number of para-hydroxylation sites is 2. The van der Waals surface area contributed by atoms with Crippen molar-refractivity contribution < 1.29 is 13.9 Å². The molecule has 1 saturated heterocycles. The van der Waals surface area contributed by atoms with E-state index in [0.717, 1.165) is 38.3 Å². The molecule has 166 valence electrons. The Kier molecular flexibility index (Phi) is 7.35. The molecule has 4 rings (SSSR count). The van der Waals surface area contributed by atoms with Crippen molar-refractivity contribution in [3.63, 3.8) is 0 Å². The standard InChI is InChI=1S/C26H28FN3O2/c27-22-12-10-21(11-13-22)20-32-25-9-5-4-8-24(25)26(31)28-14-15-29-16-18-30(19-17-29)23-6-2-1-3-7-23/h1-13H,14-20H2,(H,28,31). The maximum atomic E-state index is 13.1. The van der Waals surface area contributed by atoms with Gasteiger partial charge >= 0.3 is 0 Å². The number of halogens is 1. The summed E-state index contributed by atoms with van der Waals surface area (Å²) in [6, 6.07) is 23.8. The minimum absolute atomic E-state index is 0.150. The summed E-state index contributed by atoms with van der Waals surface area (Å²) in [5, 5.41) is 3.01. The van der Waals surface area contributed by atoms with E-state index in [1.54, 1.807) is 24.3 Å². The molecular weight excluding hydrogens is 405 g/mol. The highest BCUT2D eigenvalue weighted by Crippen LogP contribution is 2.20. The Balaban J connectivity index is 1.23. The van der Waals surface area contributed by atoms with Crippen molar-refractivity contribution in [2.75, 3.05) is 44.2 Å². The first-order chi connectivity index (χ1) is 15.7. The number of hydrogen-bond donors (Lipinski definition) is 1. The number of rotatable bonds is 8. The minimum atomic E-state index is -0.282. The fourth-order valence-electron chi connectivity index (χ4n) is 3.81. The number of piperazine rings is 1. The maximum absolute atomic E-state index is 13.1. The van der Waals surface area contributed by atoms with E-state index in [1.165, 1.54) is 17.8 Å². The lowest BCUT2D eigenvalue weighted by Gasteiger charge is -2.36. The molecule has 3 aromatic carbocycles. The van der Waals surface area contributed by atoms with Crippen molar-refractivity contribution in [1.82, 2.24) is 10.2 Å². The van der Waals surface area contributed by atoms with Crippen molar-refractivity contribution in [1.29, 1.82) is 0 Å². The lowest BCUT2D eigenvalue weighted by Crippen LogP contribution is -2.48. The molecule has 32 heavy (non-hydrogen) atoms. The maximum Gasteiger partial charge on any atom is 0.255 e. The van der Waals surface area contributed by atoms with Crippen LogP contribution in [0.15, 0.2) is 78.9 Å². The number of carbonyl (C=O) groups excluding carboxylic acids is 1. The molecule has 1 N–H and O–H groups in total. The van der Waals surface area contributed by atoms with Crippen LogP contribution in [0.25, 0.3) is 0 Å². The fourth-order valence-corrected chi connectivity index (χ4v) is 3.81. The molecule has 3 aromatic rings. The second-order valence-electron chi connectivity index (χ2n) is 7.83. The predicted molar refractivity (Wildman–Crippen MR) is 125 cm³/mol. The van der Waals surface area contributed by atoms with Crippen molar-refractivity contribution >= 4 is 11.6 Å².